The van der Waals surface area contributed by atoms with Crippen molar-refractivity contribution in [3.8, 4) is 5.75 Å². The van der Waals surface area contributed by atoms with Gasteiger partial charge in [0.05, 0.1) is 27.5 Å². The fourth-order valence-electron chi connectivity index (χ4n) is 2.12. The molecule has 3 rings (SSSR count). The summed E-state index contributed by atoms with van der Waals surface area (Å²) in [5, 5.41) is 10.3. The van der Waals surface area contributed by atoms with Crippen LogP contribution in [0.4, 0.5) is 5.13 Å². The van der Waals surface area contributed by atoms with Crippen LogP contribution in [0, 0.1) is 0 Å². The van der Waals surface area contributed by atoms with E-state index < -0.39 is 0 Å². The Balaban J connectivity index is 1.85. The molecule has 0 spiro atoms. The summed E-state index contributed by atoms with van der Waals surface area (Å²) in [4.78, 5) is 16.8. The van der Waals surface area contributed by atoms with E-state index in [2.05, 4.69) is 36.4 Å². The van der Waals surface area contributed by atoms with Crippen molar-refractivity contribution < 1.29 is 9.53 Å². The molecule has 0 atom stereocenters. The molecule has 0 aliphatic heterocycles. The number of nitrogens with zero attached hydrogens (tertiary/aromatic N) is 2. The Morgan fingerprint density at radius 2 is 2.22 bits per heavy atom. The Kier molecular flexibility index (Phi) is 4.36. The molecule has 0 aliphatic rings. The highest BCUT2D eigenvalue weighted by atomic mass is 79.9. The second-order valence-electron chi connectivity index (χ2n) is 5.26. The van der Waals surface area contributed by atoms with Crippen LogP contribution in [0.3, 0.4) is 0 Å². The van der Waals surface area contributed by atoms with Crippen LogP contribution in [0.25, 0.3) is 10.2 Å². The van der Waals surface area contributed by atoms with Crippen molar-refractivity contribution in [2.45, 2.75) is 19.8 Å². The minimum Gasteiger partial charge on any atom is -0.497 e. The van der Waals surface area contributed by atoms with Crippen LogP contribution in [0.2, 0.25) is 0 Å². The summed E-state index contributed by atoms with van der Waals surface area (Å²) in [7, 11) is 1.62. The maximum atomic E-state index is 12.4. The van der Waals surface area contributed by atoms with Gasteiger partial charge in [0.15, 0.2) is 10.8 Å². The first-order chi connectivity index (χ1) is 11.0. The van der Waals surface area contributed by atoms with Crippen LogP contribution < -0.4 is 10.1 Å². The molecule has 2 heterocycles. The lowest BCUT2D eigenvalue weighted by atomic mass is 10.1. The molecule has 0 unspecified atom stereocenters. The topological polar surface area (TPSA) is 79.9 Å². The number of hydrogen-bond donors (Lipinski definition) is 2. The summed E-state index contributed by atoms with van der Waals surface area (Å²) in [6.07, 6.45) is 0. The molecule has 6 nitrogen and oxygen atoms in total. The number of halogens is 1. The Morgan fingerprint density at radius 1 is 1.43 bits per heavy atom. The molecule has 0 aliphatic carbocycles. The Hall–Kier alpha value is -1.93. The number of H-pyrrole nitrogens is 1. The number of thiazole rings is 1. The molecule has 3 aromatic rings. The van der Waals surface area contributed by atoms with E-state index in [4.69, 9.17) is 4.74 Å². The number of carbonyl (C=O) groups is 1. The fraction of sp³-hybridized carbons (Fsp3) is 0.267. The molecule has 0 bridgehead atoms. The average Bonchev–Trinajstić information content (AvgIpc) is 3.08. The van der Waals surface area contributed by atoms with Gasteiger partial charge in [-0.25, -0.2) is 4.98 Å². The lowest BCUT2D eigenvalue weighted by molar-refractivity contribution is 0.102. The lowest BCUT2D eigenvalue weighted by Gasteiger charge is -2.01. The van der Waals surface area contributed by atoms with E-state index in [0.29, 0.717) is 15.3 Å². The highest BCUT2D eigenvalue weighted by Gasteiger charge is 2.20. The van der Waals surface area contributed by atoms with Gasteiger partial charge in [0.1, 0.15) is 5.75 Å². The molecule has 1 aromatic carbocycles. The monoisotopic (exact) mass is 394 g/mol. The predicted molar refractivity (Wildman–Crippen MR) is 94.5 cm³/mol. The number of methoxy groups -OCH3 is 1. The zero-order valence-electron chi connectivity index (χ0n) is 12.8. The van der Waals surface area contributed by atoms with E-state index >= 15 is 0 Å². The zero-order chi connectivity index (χ0) is 16.6. The van der Waals surface area contributed by atoms with Crippen molar-refractivity contribution in [2.75, 3.05) is 12.4 Å². The predicted octanol–water partition coefficient (Wildman–Crippen LogP) is 4.17. The molecule has 0 fully saturated rings. The Bertz CT molecular complexity index is 872. The summed E-state index contributed by atoms with van der Waals surface area (Å²) in [6.45, 7) is 4.06. The smallest absolute Gasteiger partial charge is 0.279 e. The number of nitrogens with one attached hydrogen (secondary N) is 2. The third kappa shape index (κ3) is 3.09. The van der Waals surface area contributed by atoms with Crippen molar-refractivity contribution in [2.24, 2.45) is 0 Å². The van der Waals surface area contributed by atoms with E-state index in [-0.39, 0.29) is 11.8 Å². The molecule has 0 radical (unpaired) electrons. The van der Waals surface area contributed by atoms with Crippen molar-refractivity contribution in [1.29, 1.82) is 0 Å². The van der Waals surface area contributed by atoms with Crippen LogP contribution >= 0.6 is 27.3 Å². The van der Waals surface area contributed by atoms with Crippen molar-refractivity contribution in [3.63, 3.8) is 0 Å². The van der Waals surface area contributed by atoms with Gasteiger partial charge in [0.2, 0.25) is 0 Å². The van der Waals surface area contributed by atoms with Gasteiger partial charge >= 0.3 is 0 Å². The third-order valence-electron chi connectivity index (χ3n) is 3.34. The number of anilines is 1. The molecule has 1 amide bonds. The van der Waals surface area contributed by atoms with Crippen LogP contribution in [0.1, 0.15) is 35.9 Å². The highest BCUT2D eigenvalue weighted by molar-refractivity contribution is 9.10. The Morgan fingerprint density at radius 3 is 2.87 bits per heavy atom. The first-order valence-electron chi connectivity index (χ1n) is 6.99. The summed E-state index contributed by atoms with van der Waals surface area (Å²) < 4.78 is 6.83. The quantitative estimate of drug-likeness (QED) is 0.695. The first-order valence-corrected chi connectivity index (χ1v) is 8.60. The number of ether oxygens (including phenoxy) is 1. The van der Waals surface area contributed by atoms with Gasteiger partial charge in [-0.3, -0.25) is 15.2 Å². The van der Waals surface area contributed by atoms with Crippen molar-refractivity contribution >= 4 is 48.5 Å². The number of aromatic amines is 1. The largest absolute Gasteiger partial charge is 0.497 e. The minimum atomic E-state index is -0.300. The van der Waals surface area contributed by atoms with Crippen molar-refractivity contribution in [1.82, 2.24) is 15.2 Å². The first kappa shape index (κ1) is 15.9. The van der Waals surface area contributed by atoms with Crippen LogP contribution in [0.5, 0.6) is 5.75 Å². The van der Waals surface area contributed by atoms with Crippen LogP contribution in [-0.2, 0) is 0 Å². The van der Waals surface area contributed by atoms with Crippen molar-refractivity contribution in [3.05, 3.63) is 34.1 Å². The number of hydrogen-bond acceptors (Lipinski definition) is 5. The number of rotatable bonds is 4. The molecular weight excluding hydrogens is 380 g/mol. The number of aromatic nitrogens is 3. The summed E-state index contributed by atoms with van der Waals surface area (Å²) >= 11 is 4.82. The molecule has 2 aromatic heterocycles. The molecule has 0 saturated heterocycles. The maximum absolute atomic E-state index is 12.4. The number of fused-ring (bicyclic) bond motifs is 1. The van der Waals surface area contributed by atoms with Crippen LogP contribution in [0.15, 0.2) is 22.7 Å². The van der Waals surface area contributed by atoms with Gasteiger partial charge in [-0.05, 0) is 40.0 Å². The summed E-state index contributed by atoms with van der Waals surface area (Å²) in [5.74, 6) is 0.704. The number of carbonyl (C=O) groups excluding carboxylic acids is 1. The van der Waals surface area contributed by atoms with Gasteiger partial charge in [-0.2, -0.15) is 5.10 Å². The van der Waals surface area contributed by atoms with E-state index in [1.807, 2.05) is 32.0 Å². The van der Waals surface area contributed by atoms with E-state index in [1.54, 1.807) is 7.11 Å². The van der Waals surface area contributed by atoms with Crippen LogP contribution in [-0.4, -0.2) is 28.2 Å². The van der Waals surface area contributed by atoms with Gasteiger partial charge in [-0.1, -0.05) is 25.2 Å². The highest BCUT2D eigenvalue weighted by Crippen LogP contribution is 2.30. The molecular formula is C15H15BrN4O2S. The van der Waals surface area contributed by atoms with E-state index in [1.165, 1.54) is 11.3 Å². The zero-order valence-corrected chi connectivity index (χ0v) is 15.2. The summed E-state index contributed by atoms with van der Waals surface area (Å²) in [6, 6.07) is 5.60. The minimum absolute atomic E-state index is 0.244. The molecule has 23 heavy (non-hydrogen) atoms. The van der Waals surface area contributed by atoms with E-state index in [0.717, 1.165) is 21.7 Å². The fourth-order valence-corrected chi connectivity index (χ4v) is 3.82. The summed E-state index contributed by atoms with van der Waals surface area (Å²) in [5.41, 5.74) is 2.03. The van der Waals surface area contributed by atoms with Gasteiger partial charge < -0.3 is 4.74 Å². The van der Waals surface area contributed by atoms with Gasteiger partial charge in [0, 0.05) is 0 Å². The molecule has 8 heteroatoms. The van der Waals surface area contributed by atoms with Gasteiger partial charge in [-0.15, -0.1) is 0 Å². The maximum Gasteiger partial charge on any atom is 0.279 e. The molecule has 0 saturated carbocycles. The second kappa shape index (κ2) is 6.29. The second-order valence-corrected chi connectivity index (χ2v) is 7.09. The van der Waals surface area contributed by atoms with Gasteiger partial charge in [0.25, 0.3) is 5.91 Å². The molecule has 120 valence electrons. The Labute approximate surface area is 145 Å². The number of amides is 1. The molecule has 2 N–H and O–H groups in total. The normalized spacial score (nSPS) is 11.2. The van der Waals surface area contributed by atoms with E-state index in [9.17, 15) is 4.79 Å². The lowest BCUT2D eigenvalue weighted by Crippen LogP contribution is -2.12. The standard InChI is InChI=1S/C15H15BrN4O2S/c1-7(2)12-11(16)13(20-19-12)14(21)18-15-17-9-5-4-8(22-3)6-10(9)23-15/h4-7H,1-3H3,(H,19,20)(H,17,18,21). The number of benzene rings is 1. The average molecular weight is 395 g/mol. The SMILES string of the molecule is COc1ccc2nc(NC(=O)c3n[nH]c(C(C)C)c3Br)sc2c1. The third-order valence-corrected chi connectivity index (χ3v) is 5.08.